The van der Waals surface area contributed by atoms with E-state index < -0.39 is 10.0 Å². The van der Waals surface area contributed by atoms with Crippen LogP contribution in [-0.4, -0.2) is 34.0 Å². The van der Waals surface area contributed by atoms with Crippen LogP contribution in [0.15, 0.2) is 59.5 Å². The van der Waals surface area contributed by atoms with E-state index in [0.29, 0.717) is 11.4 Å². The van der Waals surface area contributed by atoms with E-state index in [0.717, 1.165) is 25.7 Å². The number of nitrogens with one attached hydrogen (secondary N) is 1. The molecule has 1 fully saturated rings. The van der Waals surface area contributed by atoms with Gasteiger partial charge in [-0.05, 0) is 49.2 Å². The Balaban J connectivity index is 1.56. The molecule has 1 aliphatic carbocycles. The normalized spacial score (nSPS) is 15.0. The first-order valence-corrected chi connectivity index (χ1v) is 11.0. The minimum atomic E-state index is -3.62. The summed E-state index contributed by atoms with van der Waals surface area (Å²) in [5, 5.41) is 3.01. The van der Waals surface area contributed by atoms with Gasteiger partial charge in [0.2, 0.25) is 0 Å². The second-order valence-corrected chi connectivity index (χ2v) is 8.94. The van der Waals surface area contributed by atoms with Gasteiger partial charge in [0.1, 0.15) is 5.75 Å². The van der Waals surface area contributed by atoms with Gasteiger partial charge in [0.05, 0.1) is 10.6 Å². The van der Waals surface area contributed by atoms with Gasteiger partial charge in [0, 0.05) is 13.1 Å². The summed E-state index contributed by atoms with van der Waals surface area (Å²) >= 11 is 0. The second-order valence-electron chi connectivity index (χ2n) is 6.97. The fourth-order valence-electron chi connectivity index (χ4n) is 3.31. The Morgan fingerprint density at radius 3 is 2.32 bits per heavy atom. The molecule has 1 saturated carbocycles. The number of benzene rings is 2. The standard InChI is InChI=1S/C21H26N2O4S/c1-23(28(25,26)20-10-6-3-7-11-20)18-12-14-19(15-13-18)27-16-21(24)22-17-8-4-2-5-9-17/h3,6-7,10-15,17H,2,4-5,8-9,16H2,1H3,(H,22,24). The van der Waals surface area contributed by atoms with Gasteiger partial charge in [0.25, 0.3) is 15.9 Å². The number of carbonyl (C=O) groups excluding carboxylic acids is 1. The quantitative estimate of drug-likeness (QED) is 0.771. The number of nitrogens with zero attached hydrogens (tertiary/aromatic N) is 1. The van der Waals surface area contributed by atoms with Gasteiger partial charge in [-0.2, -0.15) is 0 Å². The summed E-state index contributed by atoms with van der Waals surface area (Å²) in [7, 11) is -2.11. The Kier molecular flexibility index (Phi) is 6.57. The van der Waals surface area contributed by atoms with Crippen LogP contribution in [0.2, 0.25) is 0 Å². The van der Waals surface area contributed by atoms with Gasteiger partial charge in [0.15, 0.2) is 6.61 Å². The zero-order valence-electron chi connectivity index (χ0n) is 16.0. The monoisotopic (exact) mass is 402 g/mol. The van der Waals surface area contributed by atoms with Crippen molar-refractivity contribution in [1.29, 1.82) is 0 Å². The molecule has 0 spiro atoms. The number of sulfonamides is 1. The summed E-state index contributed by atoms with van der Waals surface area (Å²) in [6.45, 7) is -0.0476. The third-order valence-electron chi connectivity index (χ3n) is 4.94. The average molecular weight is 403 g/mol. The van der Waals surface area contributed by atoms with Crippen LogP contribution in [0.1, 0.15) is 32.1 Å². The molecule has 28 heavy (non-hydrogen) atoms. The molecule has 2 aromatic carbocycles. The molecule has 1 amide bonds. The lowest BCUT2D eigenvalue weighted by Crippen LogP contribution is -2.38. The first-order valence-electron chi connectivity index (χ1n) is 9.53. The molecule has 0 radical (unpaired) electrons. The number of ether oxygens (including phenoxy) is 1. The van der Waals surface area contributed by atoms with Crippen LogP contribution in [0, 0.1) is 0 Å². The molecule has 3 rings (SSSR count). The van der Waals surface area contributed by atoms with Gasteiger partial charge in [-0.25, -0.2) is 8.42 Å². The number of anilines is 1. The van der Waals surface area contributed by atoms with Crippen LogP contribution < -0.4 is 14.4 Å². The van der Waals surface area contributed by atoms with Crippen molar-refractivity contribution < 1.29 is 17.9 Å². The largest absolute Gasteiger partial charge is 0.484 e. The van der Waals surface area contributed by atoms with Crippen LogP contribution in [0.3, 0.4) is 0 Å². The molecule has 7 heteroatoms. The van der Waals surface area contributed by atoms with Gasteiger partial charge < -0.3 is 10.1 Å². The molecule has 1 aliphatic rings. The first-order chi connectivity index (χ1) is 13.5. The van der Waals surface area contributed by atoms with Crippen molar-refractivity contribution in [3.8, 4) is 5.75 Å². The highest BCUT2D eigenvalue weighted by molar-refractivity contribution is 7.92. The molecule has 0 unspecified atom stereocenters. The molecule has 2 aromatic rings. The smallest absolute Gasteiger partial charge is 0.264 e. The van der Waals surface area contributed by atoms with Crippen molar-refractivity contribution in [3.63, 3.8) is 0 Å². The maximum absolute atomic E-state index is 12.7. The van der Waals surface area contributed by atoms with E-state index in [-0.39, 0.29) is 23.5 Å². The Morgan fingerprint density at radius 1 is 1.04 bits per heavy atom. The summed E-state index contributed by atoms with van der Waals surface area (Å²) < 4.78 is 32.1. The lowest BCUT2D eigenvalue weighted by molar-refractivity contribution is -0.124. The Morgan fingerprint density at radius 2 is 1.68 bits per heavy atom. The van der Waals surface area contributed by atoms with E-state index in [1.807, 2.05) is 0 Å². The summed E-state index contributed by atoms with van der Waals surface area (Å²) in [6, 6.07) is 15.2. The van der Waals surface area contributed by atoms with Crippen LogP contribution in [0.25, 0.3) is 0 Å². The van der Waals surface area contributed by atoms with E-state index in [1.165, 1.54) is 17.8 Å². The first kappa shape index (κ1) is 20.2. The van der Waals surface area contributed by atoms with Crippen molar-refractivity contribution in [2.24, 2.45) is 0 Å². The molecule has 0 saturated heterocycles. The summed E-state index contributed by atoms with van der Waals surface area (Å²) in [4.78, 5) is 12.3. The molecular formula is C21H26N2O4S. The molecular weight excluding hydrogens is 376 g/mol. The maximum Gasteiger partial charge on any atom is 0.264 e. The zero-order valence-corrected chi connectivity index (χ0v) is 16.8. The third kappa shape index (κ3) is 5.04. The SMILES string of the molecule is CN(c1ccc(OCC(=O)NC2CCCCC2)cc1)S(=O)(=O)c1ccccc1. The highest BCUT2D eigenvalue weighted by Crippen LogP contribution is 2.24. The van der Waals surface area contributed by atoms with E-state index in [4.69, 9.17) is 4.74 Å². The van der Waals surface area contributed by atoms with Gasteiger partial charge >= 0.3 is 0 Å². The second kappa shape index (κ2) is 9.10. The van der Waals surface area contributed by atoms with Crippen molar-refractivity contribution in [3.05, 3.63) is 54.6 Å². The molecule has 6 nitrogen and oxygen atoms in total. The van der Waals surface area contributed by atoms with E-state index >= 15 is 0 Å². The van der Waals surface area contributed by atoms with Crippen LogP contribution in [0.5, 0.6) is 5.75 Å². The fraction of sp³-hybridized carbons (Fsp3) is 0.381. The van der Waals surface area contributed by atoms with Crippen LogP contribution in [-0.2, 0) is 14.8 Å². The summed E-state index contributed by atoms with van der Waals surface area (Å²) in [6.07, 6.45) is 5.62. The number of rotatable bonds is 7. The predicted octanol–water partition coefficient (Wildman–Crippen LogP) is 3.34. The molecule has 0 aliphatic heterocycles. The number of hydrogen-bond acceptors (Lipinski definition) is 4. The number of hydrogen-bond donors (Lipinski definition) is 1. The average Bonchev–Trinajstić information content (AvgIpc) is 2.73. The molecule has 0 heterocycles. The Bertz CT molecular complexity index is 876. The van der Waals surface area contributed by atoms with Crippen molar-refractivity contribution in [2.75, 3.05) is 18.0 Å². The topological polar surface area (TPSA) is 75.7 Å². The van der Waals surface area contributed by atoms with E-state index in [1.54, 1.807) is 54.6 Å². The Labute approximate surface area is 166 Å². The maximum atomic E-state index is 12.7. The highest BCUT2D eigenvalue weighted by atomic mass is 32.2. The molecule has 0 aromatic heterocycles. The highest BCUT2D eigenvalue weighted by Gasteiger charge is 2.21. The van der Waals surface area contributed by atoms with Crippen molar-refractivity contribution >= 4 is 21.6 Å². The van der Waals surface area contributed by atoms with E-state index in [2.05, 4.69) is 5.32 Å². The lowest BCUT2D eigenvalue weighted by Gasteiger charge is -2.22. The zero-order chi connectivity index (χ0) is 20.0. The molecule has 1 N–H and O–H groups in total. The van der Waals surface area contributed by atoms with Crippen LogP contribution in [0.4, 0.5) is 5.69 Å². The summed E-state index contributed by atoms with van der Waals surface area (Å²) in [5.74, 6) is 0.396. The minimum Gasteiger partial charge on any atom is -0.484 e. The fourth-order valence-corrected chi connectivity index (χ4v) is 4.52. The van der Waals surface area contributed by atoms with E-state index in [9.17, 15) is 13.2 Å². The Hall–Kier alpha value is -2.54. The minimum absolute atomic E-state index is 0.0476. The van der Waals surface area contributed by atoms with Gasteiger partial charge in [-0.1, -0.05) is 37.5 Å². The van der Waals surface area contributed by atoms with Gasteiger partial charge in [-0.3, -0.25) is 9.10 Å². The third-order valence-corrected chi connectivity index (χ3v) is 6.74. The van der Waals surface area contributed by atoms with Gasteiger partial charge in [-0.15, -0.1) is 0 Å². The van der Waals surface area contributed by atoms with Crippen molar-refractivity contribution in [2.45, 2.75) is 43.0 Å². The number of amides is 1. The van der Waals surface area contributed by atoms with Crippen LogP contribution >= 0.6 is 0 Å². The number of carbonyl (C=O) groups is 1. The molecule has 150 valence electrons. The molecule has 0 atom stereocenters. The predicted molar refractivity (Wildman–Crippen MR) is 109 cm³/mol. The molecule has 0 bridgehead atoms. The summed E-state index contributed by atoms with van der Waals surface area (Å²) in [5.41, 5.74) is 0.517. The lowest BCUT2D eigenvalue weighted by atomic mass is 9.95. The van der Waals surface area contributed by atoms with Crippen molar-refractivity contribution in [1.82, 2.24) is 5.32 Å².